The Morgan fingerprint density at radius 2 is 2.75 bits per heavy atom. The van der Waals surface area contributed by atoms with Crippen molar-refractivity contribution < 1.29 is 4.52 Å². The molecule has 0 amide bonds. The van der Waals surface area contributed by atoms with E-state index in [1.807, 2.05) is 0 Å². The van der Waals surface area contributed by atoms with Crippen LogP contribution in [0.5, 0.6) is 0 Å². The predicted molar refractivity (Wildman–Crippen MR) is 23.1 cm³/mol. The summed E-state index contributed by atoms with van der Waals surface area (Å²) in [5.74, 6) is 0. The molecular formula is C2HN5O. The first-order chi connectivity index (χ1) is 3.93. The smallest absolute Gasteiger partial charge is 0.314 e. The maximum Gasteiger partial charge on any atom is 0.314 e. The summed E-state index contributed by atoms with van der Waals surface area (Å²) in [6.45, 7) is 0. The maximum absolute atomic E-state index is 7.77. The van der Waals surface area contributed by atoms with Crippen LogP contribution in [0, 0.1) is 0 Å². The molecule has 0 radical (unpaired) electrons. The van der Waals surface area contributed by atoms with Crippen molar-refractivity contribution >= 4 is 6.01 Å². The molecule has 0 unspecified atom stereocenters. The highest BCUT2D eigenvalue weighted by Gasteiger charge is 1.87. The van der Waals surface area contributed by atoms with Gasteiger partial charge in [0, 0.05) is 10.0 Å². The molecule has 6 nitrogen and oxygen atoms in total. The SMILES string of the molecule is [N-]=[N+]=Nc1ncno1. The Hall–Kier alpha value is -1.55. The van der Waals surface area contributed by atoms with Gasteiger partial charge in [0.25, 0.3) is 0 Å². The molecule has 0 aliphatic carbocycles. The Balaban J connectivity index is 2.93. The molecule has 0 N–H and O–H groups in total. The second-order valence-corrected chi connectivity index (χ2v) is 0.913. The fraction of sp³-hybridized carbons (Fsp3) is 0. The molecule has 40 valence electrons. The van der Waals surface area contributed by atoms with E-state index in [1.54, 1.807) is 0 Å². The fourth-order valence-electron chi connectivity index (χ4n) is 0.250. The van der Waals surface area contributed by atoms with Gasteiger partial charge in [-0.3, -0.25) is 0 Å². The minimum atomic E-state index is -0.0625. The summed E-state index contributed by atoms with van der Waals surface area (Å²) in [6.07, 6.45) is 1.16. The number of azide groups is 1. The quantitative estimate of drug-likeness (QED) is 0.307. The van der Waals surface area contributed by atoms with E-state index in [1.165, 1.54) is 0 Å². The van der Waals surface area contributed by atoms with Gasteiger partial charge >= 0.3 is 6.01 Å². The molecule has 6 heteroatoms. The first kappa shape index (κ1) is 4.61. The predicted octanol–water partition coefficient (Wildman–Crippen LogP) is 1.01. The van der Waals surface area contributed by atoms with Gasteiger partial charge < -0.3 is 4.52 Å². The Bertz CT molecular complexity index is 196. The molecule has 0 fully saturated rings. The van der Waals surface area contributed by atoms with Crippen LogP contribution in [0.1, 0.15) is 0 Å². The van der Waals surface area contributed by atoms with E-state index >= 15 is 0 Å². The molecule has 1 heterocycles. The lowest BCUT2D eigenvalue weighted by atomic mass is 11.2. The van der Waals surface area contributed by atoms with Gasteiger partial charge in [0.05, 0.1) is 0 Å². The van der Waals surface area contributed by atoms with Crippen LogP contribution < -0.4 is 0 Å². The Morgan fingerprint density at radius 3 is 3.25 bits per heavy atom. The van der Waals surface area contributed by atoms with Crippen LogP contribution in [0.25, 0.3) is 10.4 Å². The van der Waals surface area contributed by atoms with Crippen LogP contribution in [0.2, 0.25) is 0 Å². The molecule has 0 spiro atoms. The van der Waals surface area contributed by atoms with Crippen LogP contribution in [0.3, 0.4) is 0 Å². The number of hydrogen-bond acceptors (Lipinski definition) is 4. The maximum atomic E-state index is 7.77. The molecule has 1 aromatic heterocycles. The van der Waals surface area contributed by atoms with Crippen LogP contribution in [-0.2, 0) is 0 Å². The molecule has 1 aromatic rings. The fourth-order valence-corrected chi connectivity index (χ4v) is 0.250. The standard InChI is InChI=1S/C2HN5O/c3-7-6-2-4-1-5-8-2/h1H. The highest BCUT2D eigenvalue weighted by atomic mass is 16.5. The van der Waals surface area contributed by atoms with E-state index in [0.29, 0.717) is 0 Å². The number of aromatic nitrogens is 2. The van der Waals surface area contributed by atoms with E-state index in [9.17, 15) is 0 Å². The molecule has 0 saturated heterocycles. The molecule has 0 bridgehead atoms. The summed E-state index contributed by atoms with van der Waals surface area (Å²) >= 11 is 0. The largest absolute Gasteiger partial charge is 0.332 e. The molecule has 0 aliphatic rings. The molecule has 0 saturated carbocycles. The molecule has 1 rings (SSSR count). The van der Waals surface area contributed by atoms with Crippen molar-refractivity contribution in [3.63, 3.8) is 0 Å². The summed E-state index contributed by atoms with van der Waals surface area (Å²) < 4.78 is 4.29. The zero-order valence-corrected chi connectivity index (χ0v) is 3.72. The van der Waals surface area contributed by atoms with Crippen molar-refractivity contribution in [2.45, 2.75) is 0 Å². The van der Waals surface area contributed by atoms with Crippen molar-refractivity contribution in [2.75, 3.05) is 0 Å². The Morgan fingerprint density at radius 1 is 1.88 bits per heavy atom. The van der Waals surface area contributed by atoms with Crippen molar-refractivity contribution in [1.29, 1.82) is 0 Å². The minimum absolute atomic E-state index is 0.0625. The molecule has 0 aliphatic heterocycles. The topological polar surface area (TPSA) is 87.7 Å². The molecule has 8 heavy (non-hydrogen) atoms. The Labute approximate surface area is 43.8 Å². The van der Waals surface area contributed by atoms with E-state index in [2.05, 4.69) is 24.7 Å². The third kappa shape index (κ3) is 0.742. The molecule has 0 aromatic carbocycles. The summed E-state index contributed by atoms with van der Waals surface area (Å²) in [7, 11) is 0. The normalized spacial score (nSPS) is 8.00. The summed E-state index contributed by atoms with van der Waals surface area (Å²) in [6, 6.07) is -0.0625. The Kier molecular flexibility index (Phi) is 1.12. The lowest BCUT2D eigenvalue weighted by molar-refractivity contribution is 0.427. The van der Waals surface area contributed by atoms with Gasteiger partial charge in [-0.15, -0.1) is 0 Å². The van der Waals surface area contributed by atoms with Crippen molar-refractivity contribution in [2.24, 2.45) is 5.11 Å². The van der Waals surface area contributed by atoms with Crippen molar-refractivity contribution in [3.8, 4) is 0 Å². The van der Waals surface area contributed by atoms with E-state index in [0.717, 1.165) is 6.33 Å². The average Bonchev–Trinajstić information content (AvgIpc) is 2.19. The molecular weight excluding hydrogens is 110 g/mol. The zero-order valence-electron chi connectivity index (χ0n) is 3.72. The van der Waals surface area contributed by atoms with Gasteiger partial charge in [-0.1, -0.05) is 5.16 Å². The first-order valence-corrected chi connectivity index (χ1v) is 1.75. The van der Waals surface area contributed by atoms with Crippen LogP contribution in [0.4, 0.5) is 6.01 Å². The van der Waals surface area contributed by atoms with Crippen molar-refractivity contribution in [1.82, 2.24) is 10.1 Å². The van der Waals surface area contributed by atoms with Gasteiger partial charge in [-0.25, -0.2) is 0 Å². The van der Waals surface area contributed by atoms with Gasteiger partial charge in [-0.2, -0.15) is 4.98 Å². The minimum Gasteiger partial charge on any atom is -0.332 e. The lowest BCUT2D eigenvalue weighted by Crippen LogP contribution is -1.51. The third-order valence-electron chi connectivity index (χ3n) is 0.480. The highest BCUT2D eigenvalue weighted by molar-refractivity contribution is 5.01. The molecule has 0 atom stereocenters. The summed E-state index contributed by atoms with van der Waals surface area (Å²) in [5.41, 5.74) is 7.77. The van der Waals surface area contributed by atoms with E-state index in [4.69, 9.17) is 5.53 Å². The van der Waals surface area contributed by atoms with Crippen LogP contribution in [0.15, 0.2) is 16.0 Å². The van der Waals surface area contributed by atoms with Crippen LogP contribution >= 0.6 is 0 Å². The summed E-state index contributed by atoms with van der Waals surface area (Å²) in [5, 5.41) is 6.20. The van der Waals surface area contributed by atoms with Gasteiger partial charge in [0.1, 0.15) is 0 Å². The highest BCUT2D eigenvalue weighted by Crippen LogP contribution is 2.01. The third-order valence-corrected chi connectivity index (χ3v) is 0.480. The average molecular weight is 111 g/mol. The number of nitrogens with zero attached hydrogens (tertiary/aromatic N) is 5. The van der Waals surface area contributed by atoms with E-state index in [-0.39, 0.29) is 6.01 Å². The first-order valence-electron chi connectivity index (χ1n) is 1.75. The summed E-state index contributed by atoms with van der Waals surface area (Å²) in [4.78, 5) is 5.81. The van der Waals surface area contributed by atoms with E-state index < -0.39 is 0 Å². The van der Waals surface area contributed by atoms with Crippen molar-refractivity contribution in [3.05, 3.63) is 16.8 Å². The van der Waals surface area contributed by atoms with Gasteiger partial charge in [0.2, 0.25) is 0 Å². The number of rotatable bonds is 1. The second kappa shape index (κ2) is 1.94. The van der Waals surface area contributed by atoms with Crippen LogP contribution in [-0.4, -0.2) is 10.1 Å². The zero-order chi connectivity index (χ0) is 5.82. The lowest BCUT2D eigenvalue weighted by Gasteiger charge is -1.66. The van der Waals surface area contributed by atoms with Gasteiger partial charge in [-0.05, 0) is 5.53 Å². The number of hydrogen-bond donors (Lipinski definition) is 0. The second-order valence-electron chi connectivity index (χ2n) is 0.913. The van der Waals surface area contributed by atoms with Gasteiger partial charge in [0.15, 0.2) is 6.33 Å². The monoisotopic (exact) mass is 111 g/mol.